The summed E-state index contributed by atoms with van der Waals surface area (Å²) in [7, 11) is -1.34. The van der Waals surface area contributed by atoms with Gasteiger partial charge in [0.05, 0.1) is 6.10 Å². The first-order chi connectivity index (χ1) is 9.11. The highest BCUT2D eigenvalue weighted by molar-refractivity contribution is 8.29. The van der Waals surface area contributed by atoms with Gasteiger partial charge in [0.25, 0.3) is 0 Å². The van der Waals surface area contributed by atoms with E-state index in [4.69, 9.17) is 4.74 Å². The van der Waals surface area contributed by atoms with Crippen LogP contribution in [0, 0.1) is 5.82 Å². The Bertz CT molecular complexity index is 386. The van der Waals surface area contributed by atoms with E-state index in [1.54, 1.807) is 12.1 Å². The summed E-state index contributed by atoms with van der Waals surface area (Å²) in [6.07, 6.45) is 6.19. The molecule has 1 aromatic carbocycles. The number of hydrogen-bond acceptors (Lipinski definition) is 2. The topological polar surface area (TPSA) is 29.5 Å². The van der Waals surface area contributed by atoms with E-state index < -0.39 is 10.3 Å². The fourth-order valence-electron chi connectivity index (χ4n) is 1.52. The maximum Gasteiger partial charge on any atom is 0.123 e. The van der Waals surface area contributed by atoms with Gasteiger partial charge in [-0.05, 0) is 43.0 Å². The second-order valence-electron chi connectivity index (χ2n) is 6.44. The van der Waals surface area contributed by atoms with Crippen LogP contribution in [0.5, 0.6) is 0 Å². The van der Waals surface area contributed by atoms with Crippen LogP contribution in [-0.4, -0.2) is 28.4 Å². The quantitative estimate of drug-likeness (QED) is 0.791. The predicted molar refractivity (Wildman–Crippen MR) is 86.1 cm³/mol. The van der Waals surface area contributed by atoms with Gasteiger partial charge in [-0.2, -0.15) is 0 Å². The predicted octanol–water partition coefficient (Wildman–Crippen LogP) is 5.00. The van der Waals surface area contributed by atoms with E-state index in [2.05, 4.69) is 20.8 Å². The lowest BCUT2D eigenvalue weighted by Crippen LogP contribution is -2.21. The Morgan fingerprint density at radius 2 is 1.70 bits per heavy atom. The van der Waals surface area contributed by atoms with Gasteiger partial charge in [-0.25, -0.2) is 4.39 Å². The first-order valence-corrected chi connectivity index (χ1v) is 9.34. The smallest absolute Gasteiger partial charge is 0.123 e. The lowest BCUT2D eigenvalue weighted by Gasteiger charge is -2.38. The summed E-state index contributed by atoms with van der Waals surface area (Å²) in [4.78, 5) is 0. The molecular weight excluding hydrogens is 275 g/mol. The number of hydrogen-bond donors (Lipinski definition) is 1. The molecular formula is C16H27FO2S. The highest BCUT2D eigenvalue weighted by atomic mass is 32.3. The lowest BCUT2D eigenvalue weighted by atomic mass is 10.1. The first-order valence-electron chi connectivity index (χ1n) is 6.93. The molecule has 1 saturated heterocycles. The fraction of sp³-hybridized carbons (Fsp3) is 0.625. The van der Waals surface area contributed by atoms with Crippen LogP contribution in [-0.2, 0) is 4.74 Å². The van der Waals surface area contributed by atoms with Crippen molar-refractivity contribution in [1.82, 2.24) is 0 Å². The molecule has 2 rings (SSSR count). The molecule has 1 fully saturated rings. The minimum atomic E-state index is -1.34. The van der Waals surface area contributed by atoms with Crippen molar-refractivity contribution in [3.8, 4) is 0 Å². The molecule has 0 aliphatic carbocycles. The molecule has 0 aromatic heterocycles. The second-order valence-corrected chi connectivity index (χ2v) is 10.2. The molecule has 2 nitrogen and oxygen atoms in total. The van der Waals surface area contributed by atoms with E-state index in [1.807, 2.05) is 12.5 Å². The molecule has 0 saturated carbocycles. The molecule has 1 unspecified atom stereocenters. The van der Waals surface area contributed by atoms with Crippen molar-refractivity contribution in [2.75, 3.05) is 19.1 Å². The van der Waals surface area contributed by atoms with Crippen LogP contribution in [0.15, 0.2) is 24.3 Å². The van der Waals surface area contributed by atoms with Gasteiger partial charge in [0.1, 0.15) is 5.82 Å². The molecule has 0 bridgehead atoms. The molecule has 116 valence electrons. The minimum Gasteiger partial charge on any atom is -0.374 e. The third-order valence-electron chi connectivity index (χ3n) is 3.67. The second kappa shape index (κ2) is 6.92. The van der Waals surface area contributed by atoms with E-state index in [0.717, 1.165) is 25.0 Å². The van der Waals surface area contributed by atoms with Gasteiger partial charge in [-0.15, -0.1) is 10.3 Å². The summed E-state index contributed by atoms with van der Waals surface area (Å²) < 4.78 is 27.5. The average Bonchev–Trinajstić information content (AvgIpc) is 2.81. The van der Waals surface area contributed by atoms with E-state index in [1.165, 1.54) is 12.1 Å². The van der Waals surface area contributed by atoms with Gasteiger partial charge < -0.3 is 9.29 Å². The Balaban J connectivity index is 0.000000221. The SMILES string of the molecule is CC(C)(C)S(C)(C)O.Fc1ccc(C2CCCO2)cc1. The summed E-state index contributed by atoms with van der Waals surface area (Å²) in [5.41, 5.74) is 1.09. The van der Waals surface area contributed by atoms with Crippen LogP contribution in [0.4, 0.5) is 4.39 Å². The molecule has 20 heavy (non-hydrogen) atoms. The Labute approximate surface area is 123 Å². The molecule has 1 aliphatic rings. The van der Waals surface area contributed by atoms with E-state index in [-0.39, 0.29) is 16.7 Å². The van der Waals surface area contributed by atoms with E-state index >= 15 is 0 Å². The summed E-state index contributed by atoms with van der Waals surface area (Å²) in [6.45, 7) is 7.01. The molecule has 0 radical (unpaired) electrons. The first kappa shape index (κ1) is 17.5. The number of rotatable bonds is 1. The molecule has 1 aliphatic heterocycles. The van der Waals surface area contributed by atoms with Crippen molar-refractivity contribution in [2.45, 2.75) is 44.5 Å². The zero-order valence-corrected chi connectivity index (χ0v) is 14.0. The number of ether oxygens (including phenoxy) is 1. The fourth-order valence-corrected chi connectivity index (χ4v) is 1.52. The van der Waals surface area contributed by atoms with Gasteiger partial charge >= 0.3 is 0 Å². The zero-order chi connectivity index (χ0) is 15.4. The van der Waals surface area contributed by atoms with Crippen molar-refractivity contribution in [3.05, 3.63) is 35.6 Å². The molecule has 1 heterocycles. The van der Waals surface area contributed by atoms with Crippen LogP contribution < -0.4 is 0 Å². The Morgan fingerprint density at radius 3 is 2.05 bits per heavy atom. The van der Waals surface area contributed by atoms with E-state index in [0.29, 0.717) is 0 Å². The molecule has 1 aromatic rings. The van der Waals surface area contributed by atoms with Gasteiger partial charge in [-0.1, -0.05) is 32.9 Å². The third kappa shape index (κ3) is 5.43. The third-order valence-corrected chi connectivity index (χ3v) is 6.67. The van der Waals surface area contributed by atoms with Crippen LogP contribution in [0.25, 0.3) is 0 Å². The average molecular weight is 302 g/mol. The summed E-state index contributed by atoms with van der Waals surface area (Å²) >= 11 is 0. The molecule has 4 heteroatoms. The van der Waals surface area contributed by atoms with Crippen molar-refractivity contribution in [1.29, 1.82) is 0 Å². The summed E-state index contributed by atoms with van der Waals surface area (Å²) in [5, 5.41) is 0. The molecule has 0 spiro atoms. The van der Waals surface area contributed by atoms with Crippen LogP contribution in [0.1, 0.15) is 45.3 Å². The van der Waals surface area contributed by atoms with Crippen molar-refractivity contribution in [2.24, 2.45) is 0 Å². The Kier molecular flexibility index (Phi) is 6.05. The molecule has 0 amide bonds. The monoisotopic (exact) mass is 302 g/mol. The molecule has 1 atom stereocenters. The Morgan fingerprint density at radius 1 is 1.20 bits per heavy atom. The standard InChI is InChI=1S/C10H11FO.C6H16OS/c11-9-5-3-8(4-6-9)10-2-1-7-12-10;1-6(2,3)8(4,5)7/h3-6,10H,1-2,7H2;7H,1-5H3. The van der Waals surface area contributed by atoms with Crippen molar-refractivity contribution in [3.63, 3.8) is 0 Å². The maximum absolute atomic E-state index is 12.5. The number of halogens is 1. The van der Waals surface area contributed by atoms with Gasteiger partial charge in [-0.3, -0.25) is 0 Å². The van der Waals surface area contributed by atoms with E-state index in [9.17, 15) is 8.94 Å². The van der Waals surface area contributed by atoms with Gasteiger partial charge in [0.2, 0.25) is 0 Å². The van der Waals surface area contributed by atoms with Crippen LogP contribution >= 0.6 is 10.3 Å². The minimum absolute atomic E-state index is 0.0764. The largest absolute Gasteiger partial charge is 0.374 e. The van der Waals surface area contributed by atoms with Crippen molar-refractivity contribution >= 4 is 10.3 Å². The highest BCUT2D eigenvalue weighted by Gasteiger charge is 2.24. The van der Waals surface area contributed by atoms with Gasteiger partial charge in [0, 0.05) is 11.4 Å². The van der Waals surface area contributed by atoms with Crippen LogP contribution in [0.2, 0.25) is 0 Å². The van der Waals surface area contributed by atoms with Crippen molar-refractivity contribution < 1.29 is 13.7 Å². The lowest BCUT2D eigenvalue weighted by molar-refractivity contribution is 0.112. The van der Waals surface area contributed by atoms with Gasteiger partial charge in [0.15, 0.2) is 0 Å². The normalized spacial score (nSPS) is 20.2. The van der Waals surface area contributed by atoms with Crippen LogP contribution in [0.3, 0.4) is 0 Å². The molecule has 1 N–H and O–H groups in total. The zero-order valence-electron chi connectivity index (χ0n) is 13.1. The Hall–Kier alpha value is -0.580. The summed E-state index contributed by atoms with van der Waals surface area (Å²) in [5.74, 6) is -0.184. The number of benzene rings is 1. The summed E-state index contributed by atoms with van der Waals surface area (Å²) in [6, 6.07) is 6.56. The maximum atomic E-state index is 12.5. The highest BCUT2D eigenvalue weighted by Crippen LogP contribution is 2.48.